The molecule has 2 aromatic rings. The fourth-order valence-corrected chi connectivity index (χ4v) is 1.46. The van der Waals surface area contributed by atoms with Crippen LogP contribution < -0.4 is 10.5 Å². The molecular weight excluding hydrogens is 245 g/mol. The molecule has 94 valence electrons. The Labute approximate surface area is 101 Å². The summed E-state index contributed by atoms with van der Waals surface area (Å²) in [4.78, 5) is 4.02. The summed E-state index contributed by atoms with van der Waals surface area (Å²) in [5.74, 6) is 0.0128. The topological polar surface area (TPSA) is 48.1 Å². The average Bonchev–Trinajstić information content (AvgIpc) is 2.27. The lowest BCUT2D eigenvalue weighted by Gasteiger charge is -2.10. The second kappa shape index (κ2) is 4.56. The van der Waals surface area contributed by atoms with E-state index in [0.29, 0.717) is 17.1 Å². The third kappa shape index (κ3) is 3.13. The van der Waals surface area contributed by atoms with Crippen LogP contribution in [0.2, 0.25) is 0 Å². The summed E-state index contributed by atoms with van der Waals surface area (Å²) in [5.41, 5.74) is 6.51. The van der Waals surface area contributed by atoms with Crippen LogP contribution in [0, 0.1) is 0 Å². The van der Waals surface area contributed by atoms with Crippen LogP contribution in [0.25, 0.3) is 11.3 Å². The van der Waals surface area contributed by atoms with Gasteiger partial charge in [0.1, 0.15) is 11.6 Å². The van der Waals surface area contributed by atoms with Crippen molar-refractivity contribution in [2.24, 2.45) is 0 Å². The number of nitrogens with two attached hydrogens (primary N) is 1. The molecule has 2 rings (SSSR count). The first kappa shape index (κ1) is 12.2. The van der Waals surface area contributed by atoms with Crippen molar-refractivity contribution < 1.29 is 17.9 Å². The molecule has 0 aliphatic carbocycles. The zero-order chi connectivity index (χ0) is 13.2. The summed E-state index contributed by atoms with van der Waals surface area (Å²) < 4.78 is 40.1. The molecule has 0 saturated heterocycles. The van der Waals surface area contributed by atoms with Gasteiger partial charge in [0.15, 0.2) is 0 Å². The smallest absolute Gasteiger partial charge is 0.406 e. The molecule has 0 amide bonds. The second-order valence-corrected chi connectivity index (χ2v) is 3.52. The zero-order valence-corrected chi connectivity index (χ0v) is 9.11. The lowest BCUT2D eigenvalue weighted by molar-refractivity contribution is -0.274. The highest BCUT2D eigenvalue weighted by atomic mass is 19.4. The van der Waals surface area contributed by atoms with Gasteiger partial charge in [0.2, 0.25) is 0 Å². The summed E-state index contributed by atoms with van der Waals surface area (Å²) >= 11 is 0. The van der Waals surface area contributed by atoms with Gasteiger partial charge in [-0.2, -0.15) is 0 Å². The Bertz CT molecular complexity index is 555. The van der Waals surface area contributed by atoms with E-state index in [4.69, 9.17) is 5.73 Å². The molecule has 0 fully saturated rings. The normalized spacial score (nSPS) is 11.3. The molecule has 0 aliphatic rings. The summed E-state index contributed by atoms with van der Waals surface area (Å²) in [6.45, 7) is 0. The maximum atomic E-state index is 12.1. The molecule has 18 heavy (non-hydrogen) atoms. The van der Waals surface area contributed by atoms with Gasteiger partial charge in [0.25, 0.3) is 0 Å². The van der Waals surface area contributed by atoms with Crippen molar-refractivity contribution in [2.45, 2.75) is 6.36 Å². The molecule has 2 N–H and O–H groups in total. The molecule has 1 heterocycles. The standard InChI is InChI=1S/C12H9F3N2O/c13-12(14,15)18-9-4-1-3-8(7-9)10-5-2-6-11(16)17-10/h1-7H,(H2,16,17). The molecule has 1 aromatic carbocycles. The van der Waals surface area contributed by atoms with Gasteiger partial charge in [-0.3, -0.25) is 0 Å². The fraction of sp³-hybridized carbons (Fsp3) is 0.0833. The third-order valence-corrected chi connectivity index (χ3v) is 2.13. The van der Waals surface area contributed by atoms with Crippen molar-refractivity contribution >= 4 is 5.82 Å². The highest BCUT2D eigenvalue weighted by Gasteiger charge is 2.31. The Morgan fingerprint density at radius 3 is 2.44 bits per heavy atom. The van der Waals surface area contributed by atoms with E-state index in [1.54, 1.807) is 24.3 Å². The van der Waals surface area contributed by atoms with Gasteiger partial charge in [-0.1, -0.05) is 18.2 Å². The highest BCUT2D eigenvalue weighted by Crippen LogP contribution is 2.27. The van der Waals surface area contributed by atoms with Crippen molar-refractivity contribution in [2.75, 3.05) is 5.73 Å². The van der Waals surface area contributed by atoms with Crippen LogP contribution in [0.3, 0.4) is 0 Å². The zero-order valence-electron chi connectivity index (χ0n) is 9.11. The number of halogens is 3. The van der Waals surface area contributed by atoms with Crippen molar-refractivity contribution in [1.82, 2.24) is 4.98 Å². The Morgan fingerprint density at radius 1 is 1.06 bits per heavy atom. The number of ether oxygens (including phenoxy) is 1. The quantitative estimate of drug-likeness (QED) is 0.895. The van der Waals surface area contributed by atoms with Gasteiger partial charge in [-0.15, -0.1) is 13.2 Å². The summed E-state index contributed by atoms with van der Waals surface area (Å²) in [6.07, 6.45) is -4.71. The monoisotopic (exact) mass is 254 g/mol. The fourth-order valence-electron chi connectivity index (χ4n) is 1.46. The van der Waals surface area contributed by atoms with Crippen molar-refractivity contribution in [3.63, 3.8) is 0 Å². The summed E-state index contributed by atoms with van der Waals surface area (Å²) in [5, 5.41) is 0. The van der Waals surface area contributed by atoms with E-state index in [2.05, 4.69) is 9.72 Å². The van der Waals surface area contributed by atoms with E-state index in [0.717, 1.165) is 0 Å². The van der Waals surface area contributed by atoms with E-state index in [1.165, 1.54) is 18.2 Å². The molecule has 0 aliphatic heterocycles. The minimum absolute atomic E-state index is 0.288. The van der Waals surface area contributed by atoms with Crippen LogP contribution in [0.15, 0.2) is 42.5 Å². The molecule has 0 radical (unpaired) electrons. The van der Waals surface area contributed by atoms with Gasteiger partial charge in [-0.05, 0) is 24.3 Å². The molecule has 0 saturated carbocycles. The van der Waals surface area contributed by atoms with Gasteiger partial charge in [-0.25, -0.2) is 4.98 Å². The minimum atomic E-state index is -4.71. The van der Waals surface area contributed by atoms with Crippen LogP contribution in [0.4, 0.5) is 19.0 Å². The summed E-state index contributed by atoms with van der Waals surface area (Å²) in [7, 11) is 0. The molecule has 0 atom stereocenters. The van der Waals surface area contributed by atoms with Crippen LogP contribution >= 0.6 is 0 Å². The number of aromatic nitrogens is 1. The first-order chi connectivity index (χ1) is 8.44. The number of rotatable bonds is 2. The van der Waals surface area contributed by atoms with Crippen LogP contribution in [0.1, 0.15) is 0 Å². The van der Waals surface area contributed by atoms with E-state index in [9.17, 15) is 13.2 Å². The lowest BCUT2D eigenvalue weighted by atomic mass is 10.1. The number of nitrogens with zero attached hydrogens (tertiary/aromatic N) is 1. The first-order valence-electron chi connectivity index (χ1n) is 5.03. The van der Waals surface area contributed by atoms with Crippen LogP contribution in [-0.2, 0) is 0 Å². The lowest BCUT2D eigenvalue weighted by Crippen LogP contribution is -2.17. The molecule has 0 unspecified atom stereocenters. The first-order valence-corrected chi connectivity index (χ1v) is 5.03. The van der Waals surface area contributed by atoms with Gasteiger partial charge >= 0.3 is 6.36 Å². The predicted molar refractivity (Wildman–Crippen MR) is 60.8 cm³/mol. The van der Waals surface area contributed by atoms with Crippen molar-refractivity contribution in [3.05, 3.63) is 42.5 Å². The Hall–Kier alpha value is -2.24. The maximum Gasteiger partial charge on any atom is 0.573 e. The molecular formula is C12H9F3N2O. The molecule has 1 aromatic heterocycles. The SMILES string of the molecule is Nc1cccc(-c2cccc(OC(F)(F)F)c2)n1. The third-order valence-electron chi connectivity index (χ3n) is 2.13. The average molecular weight is 254 g/mol. The Morgan fingerprint density at radius 2 is 1.78 bits per heavy atom. The Balaban J connectivity index is 2.33. The number of alkyl halides is 3. The number of nitrogen functional groups attached to an aromatic ring is 1. The van der Waals surface area contributed by atoms with Crippen LogP contribution in [-0.4, -0.2) is 11.3 Å². The van der Waals surface area contributed by atoms with Gasteiger partial charge in [0.05, 0.1) is 5.69 Å². The number of anilines is 1. The van der Waals surface area contributed by atoms with E-state index in [1.807, 2.05) is 0 Å². The molecule has 0 spiro atoms. The number of hydrogen-bond acceptors (Lipinski definition) is 3. The maximum absolute atomic E-state index is 12.1. The van der Waals surface area contributed by atoms with Gasteiger partial charge in [0, 0.05) is 5.56 Å². The number of benzene rings is 1. The van der Waals surface area contributed by atoms with E-state index in [-0.39, 0.29) is 5.75 Å². The van der Waals surface area contributed by atoms with E-state index < -0.39 is 6.36 Å². The number of hydrogen-bond donors (Lipinski definition) is 1. The van der Waals surface area contributed by atoms with Crippen molar-refractivity contribution in [3.8, 4) is 17.0 Å². The minimum Gasteiger partial charge on any atom is -0.406 e. The molecule has 3 nitrogen and oxygen atoms in total. The Kier molecular flexibility index (Phi) is 3.10. The molecule has 6 heteroatoms. The second-order valence-electron chi connectivity index (χ2n) is 3.52. The summed E-state index contributed by atoms with van der Waals surface area (Å²) in [6, 6.07) is 10.5. The highest BCUT2D eigenvalue weighted by molar-refractivity contribution is 5.62. The van der Waals surface area contributed by atoms with Crippen LogP contribution in [0.5, 0.6) is 5.75 Å². The number of pyridine rings is 1. The van der Waals surface area contributed by atoms with E-state index >= 15 is 0 Å². The van der Waals surface area contributed by atoms with Crippen molar-refractivity contribution in [1.29, 1.82) is 0 Å². The predicted octanol–water partition coefficient (Wildman–Crippen LogP) is 3.23. The van der Waals surface area contributed by atoms with Gasteiger partial charge < -0.3 is 10.5 Å². The largest absolute Gasteiger partial charge is 0.573 e. The molecule has 0 bridgehead atoms.